The zero-order chi connectivity index (χ0) is 27.4. The fourth-order valence-corrected chi connectivity index (χ4v) is 4.19. The molecule has 0 saturated carbocycles. The number of nitrogens with zero attached hydrogens (tertiary/aromatic N) is 2. The molecule has 0 aromatic heterocycles. The molecular formula is C28H29N7O4. The maximum Gasteiger partial charge on any atom is 0.257 e. The second kappa shape index (κ2) is 11.3. The maximum absolute atomic E-state index is 12.8. The summed E-state index contributed by atoms with van der Waals surface area (Å²) in [6, 6.07) is 18.9. The molecule has 2 aliphatic heterocycles. The number of nitrogens with one attached hydrogen (secondary N) is 4. The Morgan fingerprint density at radius 2 is 1.23 bits per heavy atom. The molecule has 200 valence electrons. The number of hydrogen-bond acceptors (Lipinski definition) is 9. The molecule has 2 amide bonds. The summed E-state index contributed by atoms with van der Waals surface area (Å²) >= 11 is 0. The molecular weight excluding hydrogens is 498 g/mol. The third-order valence-corrected chi connectivity index (χ3v) is 6.32. The number of amidine groups is 2. The summed E-state index contributed by atoms with van der Waals surface area (Å²) in [5, 5.41) is 30.9. The monoisotopic (exact) mass is 527 g/mol. The zero-order valence-corrected chi connectivity index (χ0v) is 21.0. The zero-order valence-electron chi connectivity index (χ0n) is 21.0. The molecule has 0 aliphatic carbocycles. The lowest BCUT2D eigenvalue weighted by molar-refractivity contribution is 0.101. The molecule has 3 aromatic rings. The molecule has 3 aromatic carbocycles. The van der Waals surface area contributed by atoms with Crippen molar-refractivity contribution in [2.24, 2.45) is 9.98 Å². The van der Waals surface area contributed by atoms with Crippen LogP contribution in [0.4, 0.5) is 17.1 Å². The number of benzene rings is 3. The maximum atomic E-state index is 12.8. The molecule has 0 bridgehead atoms. The Hall–Kier alpha value is -4.74. The summed E-state index contributed by atoms with van der Waals surface area (Å²) in [6.45, 7) is 1.58. The number of β-amino-alcohol motifs (C(OH)–C–C–N with tert-alkyl or cyclic N) is 2. The van der Waals surface area contributed by atoms with Crippen molar-refractivity contribution in [2.45, 2.75) is 12.2 Å². The van der Waals surface area contributed by atoms with Crippen LogP contribution >= 0.6 is 0 Å². The minimum Gasteiger partial charge on any atom is -0.398 e. The van der Waals surface area contributed by atoms with Crippen molar-refractivity contribution >= 4 is 40.5 Å². The highest BCUT2D eigenvalue weighted by atomic mass is 16.3. The van der Waals surface area contributed by atoms with Crippen LogP contribution in [0, 0.1) is 0 Å². The van der Waals surface area contributed by atoms with E-state index in [9.17, 15) is 19.8 Å². The number of carbonyl (C=O) groups is 2. The van der Waals surface area contributed by atoms with Crippen LogP contribution in [-0.4, -0.2) is 72.1 Å². The lowest BCUT2D eigenvalue weighted by Crippen LogP contribution is -2.39. The number of aliphatic hydroxyl groups excluding tert-OH is 2. The fraction of sp³-hybridized carbons (Fsp3) is 0.214. The van der Waals surface area contributed by atoms with Gasteiger partial charge in [0.25, 0.3) is 11.8 Å². The number of rotatable bonds is 6. The van der Waals surface area contributed by atoms with E-state index in [2.05, 4.69) is 31.3 Å². The smallest absolute Gasteiger partial charge is 0.257 e. The highest BCUT2D eigenvalue weighted by molar-refractivity contribution is 6.10. The molecule has 0 spiro atoms. The molecule has 2 heterocycles. The molecule has 11 heteroatoms. The lowest BCUT2D eigenvalue weighted by atomic mass is 10.1. The van der Waals surface area contributed by atoms with E-state index in [-0.39, 0.29) is 17.2 Å². The van der Waals surface area contributed by atoms with Gasteiger partial charge in [-0.3, -0.25) is 19.6 Å². The van der Waals surface area contributed by atoms with Crippen LogP contribution in [-0.2, 0) is 0 Å². The van der Waals surface area contributed by atoms with E-state index in [0.717, 1.165) is 11.1 Å². The average Bonchev–Trinajstić information content (AvgIpc) is 2.95. The average molecular weight is 528 g/mol. The van der Waals surface area contributed by atoms with Gasteiger partial charge in [0.15, 0.2) is 0 Å². The van der Waals surface area contributed by atoms with Gasteiger partial charge in [0.1, 0.15) is 11.7 Å². The third-order valence-electron chi connectivity index (χ3n) is 6.32. The van der Waals surface area contributed by atoms with Crippen LogP contribution in [0.3, 0.4) is 0 Å². The predicted octanol–water partition coefficient (Wildman–Crippen LogP) is 1.19. The van der Waals surface area contributed by atoms with Gasteiger partial charge in [-0.05, 0) is 66.7 Å². The summed E-state index contributed by atoms with van der Waals surface area (Å²) in [5.41, 5.74) is 9.75. The predicted molar refractivity (Wildman–Crippen MR) is 150 cm³/mol. The van der Waals surface area contributed by atoms with Gasteiger partial charge in [-0.25, -0.2) is 0 Å². The summed E-state index contributed by atoms with van der Waals surface area (Å²) < 4.78 is 0. The Morgan fingerprint density at radius 1 is 0.744 bits per heavy atom. The first-order valence-electron chi connectivity index (χ1n) is 12.5. The van der Waals surface area contributed by atoms with Gasteiger partial charge < -0.3 is 37.2 Å². The second-order valence-electron chi connectivity index (χ2n) is 9.31. The van der Waals surface area contributed by atoms with Crippen molar-refractivity contribution in [3.63, 3.8) is 0 Å². The Morgan fingerprint density at radius 3 is 1.67 bits per heavy atom. The molecule has 0 radical (unpaired) electrons. The van der Waals surface area contributed by atoms with Crippen molar-refractivity contribution in [3.05, 3.63) is 89.0 Å². The molecule has 2 atom stereocenters. The quantitative estimate of drug-likeness (QED) is 0.236. The van der Waals surface area contributed by atoms with Gasteiger partial charge in [0.05, 0.1) is 30.9 Å². The van der Waals surface area contributed by atoms with E-state index in [1.165, 1.54) is 12.1 Å². The van der Waals surface area contributed by atoms with Gasteiger partial charge >= 0.3 is 0 Å². The number of aliphatic imine (C=N–C) groups is 2. The van der Waals surface area contributed by atoms with Crippen LogP contribution in [0.15, 0.2) is 76.7 Å². The molecule has 2 unspecified atom stereocenters. The van der Waals surface area contributed by atoms with Crippen LogP contribution in [0.25, 0.3) is 0 Å². The van der Waals surface area contributed by atoms with E-state index >= 15 is 0 Å². The number of aliphatic hydroxyl groups is 2. The van der Waals surface area contributed by atoms with Gasteiger partial charge in [-0.1, -0.05) is 0 Å². The van der Waals surface area contributed by atoms with E-state index < -0.39 is 18.1 Å². The number of nitrogens with two attached hydrogens (primary N) is 1. The molecule has 0 saturated heterocycles. The Balaban J connectivity index is 1.19. The molecule has 11 nitrogen and oxygen atoms in total. The number of carbonyl (C=O) groups excluding carboxylic acids is 2. The summed E-state index contributed by atoms with van der Waals surface area (Å²) in [6.07, 6.45) is -0.973. The number of nitrogen functional groups attached to an aromatic ring is 1. The second-order valence-corrected chi connectivity index (χ2v) is 9.31. The summed E-state index contributed by atoms with van der Waals surface area (Å²) in [5.74, 6) is 0.640. The Bertz CT molecular complexity index is 1440. The standard InChI is InChI=1S/C28H29N7O4/c29-24-11-18(27(38)34-19-6-1-16(2-7-19)25-30-12-21(36)13-31-25)5-10-23(24)28(39)35-20-8-3-17(4-9-20)26-32-14-22(37)15-33-26/h1-11,21-22,36-37H,12-15,29H2,(H,30,31)(H,32,33)(H,34,38)(H,35,39). The van der Waals surface area contributed by atoms with Gasteiger partial charge in [-0.2, -0.15) is 0 Å². The Labute approximate surface area is 224 Å². The summed E-state index contributed by atoms with van der Waals surface area (Å²) in [7, 11) is 0. The number of hydrogen-bond donors (Lipinski definition) is 7. The van der Waals surface area contributed by atoms with Crippen molar-refractivity contribution in [1.29, 1.82) is 0 Å². The van der Waals surface area contributed by atoms with Crippen molar-refractivity contribution in [3.8, 4) is 0 Å². The fourth-order valence-electron chi connectivity index (χ4n) is 4.19. The van der Waals surface area contributed by atoms with Gasteiger partial charge in [0, 0.05) is 46.8 Å². The van der Waals surface area contributed by atoms with Gasteiger partial charge in [-0.15, -0.1) is 0 Å². The van der Waals surface area contributed by atoms with Crippen LogP contribution in [0.5, 0.6) is 0 Å². The highest BCUT2D eigenvalue weighted by Crippen LogP contribution is 2.19. The van der Waals surface area contributed by atoms with Crippen molar-refractivity contribution < 1.29 is 19.8 Å². The van der Waals surface area contributed by atoms with Gasteiger partial charge in [0.2, 0.25) is 0 Å². The van der Waals surface area contributed by atoms with E-state index in [4.69, 9.17) is 5.73 Å². The first-order valence-corrected chi connectivity index (χ1v) is 12.5. The lowest BCUT2D eigenvalue weighted by Gasteiger charge is -2.19. The topological polar surface area (TPSA) is 173 Å². The van der Waals surface area contributed by atoms with Crippen LogP contribution in [0.1, 0.15) is 31.8 Å². The Kier molecular flexibility index (Phi) is 7.53. The molecule has 0 fully saturated rings. The van der Waals surface area contributed by atoms with Crippen LogP contribution in [0.2, 0.25) is 0 Å². The largest absolute Gasteiger partial charge is 0.398 e. The molecule has 5 rings (SSSR count). The van der Waals surface area contributed by atoms with E-state index in [1.54, 1.807) is 30.3 Å². The highest BCUT2D eigenvalue weighted by Gasteiger charge is 2.17. The molecule has 39 heavy (non-hydrogen) atoms. The minimum atomic E-state index is -0.487. The third kappa shape index (κ3) is 6.22. The first-order chi connectivity index (χ1) is 18.9. The SMILES string of the molecule is Nc1cc(C(=O)Nc2ccc(C3=NCC(O)CN3)cc2)ccc1C(=O)Nc1ccc(C2=NCC(O)CN2)cc1. The van der Waals surface area contributed by atoms with Crippen molar-refractivity contribution in [1.82, 2.24) is 10.6 Å². The summed E-state index contributed by atoms with van der Waals surface area (Å²) in [4.78, 5) is 34.2. The minimum absolute atomic E-state index is 0.176. The van der Waals surface area contributed by atoms with E-state index in [0.29, 0.717) is 54.8 Å². The molecule has 2 aliphatic rings. The van der Waals surface area contributed by atoms with Crippen molar-refractivity contribution in [2.75, 3.05) is 42.5 Å². The number of amides is 2. The van der Waals surface area contributed by atoms with Crippen LogP contribution < -0.4 is 27.0 Å². The van der Waals surface area contributed by atoms with E-state index in [1.807, 2.05) is 24.3 Å². The first kappa shape index (κ1) is 25.9. The molecule has 8 N–H and O–H groups in total. The number of anilines is 3. The normalized spacial score (nSPS) is 18.6.